The van der Waals surface area contributed by atoms with Crippen molar-refractivity contribution in [2.75, 3.05) is 25.7 Å². The Labute approximate surface area is 116 Å². The zero-order valence-corrected chi connectivity index (χ0v) is 12.2. The summed E-state index contributed by atoms with van der Waals surface area (Å²) in [5, 5.41) is 27.7. The van der Waals surface area contributed by atoms with Crippen molar-refractivity contribution < 1.29 is 15.3 Å². The molecule has 0 saturated heterocycles. The number of hydrogen-bond donors (Lipinski definition) is 3. The Hall–Kier alpha value is 0.170. The number of aliphatic hydroxyl groups is 3. The topological polar surface area (TPSA) is 60.7 Å². The number of rotatable bonds is 13. The molecular formula is C14H29ClO3. The van der Waals surface area contributed by atoms with Gasteiger partial charge >= 0.3 is 0 Å². The summed E-state index contributed by atoms with van der Waals surface area (Å²) < 4.78 is 0. The molecule has 0 saturated carbocycles. The summed E-state index contributed by atoms with van der Waals surface area (Å²) in [6.45, 7) is 0.373. The third-order valence-electron chi connectivity index (χ3n) is 3.63. The van der Waals surface area contributed by atoms with Crippen LogP contribution in [0.2, 0.25) is 0 Å². The highest BCUT2D eigenvalue weighted by atomic mass is 35.5. The Morgan fingerprint density at radius 1 is 0.667 bits per heavy atom. The number of alkyl halides is 1. The predicted octanol–water partition coefficient (Wildman–Crippen LogP) is 2.70. The van der Waals surface area contributed by atoms with Gasteiger partial charge in [0.1, 0.15) is 0 Å². The second-order valence-electron chi connectivity index (χ2n) is 5.20. The van der Waals surface area contributed by atoms with E-state index in [0.717, 1.165) is 57.8 Å². The molecule has 0 unspecified atom stereocenters. The first-order valence-electron chi connectivity index (χ1n) is 7.13. The van der Waals surface area contributed by atoms with Crippen molar-refractivity contribution in [3.63, 3.8) is 0 Å². The van der Waals surface area contributed by atoms with E-state index < -0.39 is 0 Å². The summed E-state index contributed by atoms with van der Waals surface area (Å²) in [5.74, 6) is 0.687. The van der Waals surface area contributed by atoms with Crippen molar-refractivity contribution in [2.24, 2.45) is 5.41 Å². The van der Waals surface area contributed by atoms with Gasteiger partial charge in [0.25, 0.3) is 0 Å². The maximum absolute atomic E-state index is 9.51. The number of hydrogen-bond acceptors (Lipinski definition) is 3. The summed E-state index contributed by atoms with van der Waals surface area (Å²) in [5.41, 5.74) is -0.314. The first-order chi connectivity index (χ1) is 8.74. The Balaban J connectivity index is 3.85. The van der Waals surface area contributed by atoms with Crippen LogP contribution in [-0.4, -0.2) is 41.0 Å². The molecule has 0 fully saturated rings. The third-order valence-corrected chi connectivity index (χ3v) is 3.89. The first-order valence-corrected chi connectivity index (χ1v) is 7.66. The molecule has 0 radical (unpaired) electrons. The fourth-order valence-electron chi connectivity index (χ4n) is 2.23. The number of unbranched alkanes of at least 4 members (excludes halogenated alkanes) is 5. The predicted molar refractivity (Wildman–Crippen MR) is 76.0 cm³/mol. The molecule has 0 rings (SSSR count). The second kappa shape index (κ2) is 12.2. The molecule has 0 atom stereocenters. The van der Waals surface area contributed by atoms with E-state index in [1.165, 1.54) is 0 Å². The van der Waals surface area contributed by atoms with Crippen LogP contribution in [0.25, 0.3) is 0 Å². The zero-order valence-electron chi connectivity index (χ0n) is 11.4. The molecular weight excluding hydrogens is 252 g/mol. The van der Waals surface area contributed by atoms with E-state index in [4.69, 9.17) is 16.7 Å². The van der Waals surface area contributed by atoms with Gasteiger partial charge in [-0.25, -0.2) is 0 Å². The van der Waals surface area contributed by atoms with Crippen molar-refractivity contribution in [3.05, 3.63) is 0 Å². The van der Waals surface area contributed by atoms with E-state index in [2.05, 4.69) is 0 Å². The van der Waals surface area contributed by atoms with E-state index in [1.807, 2.05) is 0 Å². The molecule has 3 N–H and O–H groups in total. The lowest BCUT2D eigenvalue weighted by molar-refractivity contribution is 0.0353. The average Bonchev–Trinajstić information content (AvgIpc) is 2.41. The van der Waals surface area contributed by atoms with Crippen LogP contribution < -0.4 is 0 Å². The normalized spacial score (nSPS) is 12.0. The maximum atomic E-state index is 9.51. The smallest absolute Gasteiger partial charge is 0.0509 e. The van der Waals surface area contributed by atoms with Crippen LogP contribution in [0.5, 0.6) is 0 Å². The summed E-state index contributed by atoms with van der Waals surface area (Å²) in [6, 6.07) is 0. The molecule has 0 amide bonds. The highest BCUT2D eigenvalue weighted by molar-refractivity contribution is 6.17. The Morgan fingerprint density at radius 2 is 1.17 bits per heavy atom. The van der Waals surface area contributed by atoms with Gasteiger partial charge in [0.15, 0.2) is 0 Å². The summed E-state index contributed by atoms with van der Waals surface area (Å²) in [7, 11) is 0. The van der Waals surface area contributed by atoms with Crippen molar-refractivity contribution >= 4 is 11.6 Å². The quantitative estimate of drug-likeness (QED) is 0.359. The molecule has 0 aromatic heterocycles. The Bertz CT molecular complexity index is 172. The van der Waals surface area contributed by atoms with Gasteiger partial charge in [-0.05, 0) is 25.7 Å². The Morgan fingerprint density at radius 3 is 1.61 bits per heavy atom. The molecule has 0 aliphatic carbocycles. The summed E-state index contributed by atoms with van der Waals surface area (Å²) >= 11 is 5.63. The standard InChI is InChI=1S/C14H29ClO3/c15-10-6-3-5-9-14(12-17,13-18)8-4-1-2-7-11-16/h16-18H,1-13H2. The van der Waals surface area contributed by atoms with Gasteiger partial charge < -0.3 is 15.3 Å². The summed E-state index contributed by atoms with van der Waals surface area (Å²) in [4.78, 5) is 0. The molecule has 110 valence electrons. The van der Waals surface area contributed by atoms with Crippen LogP contribution in [0, 0.1) is 5.41 Å². The van der Waals surface area contributed by atoms with Gasteiger partial charge in [-0.2, -0.15) is 0 Å². The van der Waals surface area contributed by atoms with Crippen LogP contribution in [-0.2, 0) is 0 Å². The van der Waals surface area contributed by atoms with Crippen LogP contribution in [0.1, 0.15) is 57.8 Å². The van der Waals surface area contributed by atoms with E-state index >= 15 is 0 Å². The minimum Gasteiger partial charge on any atom is -0.396 e. The van der Waals surface area contributed by atoms with Gasteiger partial charge in [-0.15, -0.1) is 11.6 Å². The van der Waals surface area contributed by atoms with E-state index in [-0.39, 0.29) is 25.2 Å². The minimum atomic E-state index is -0.314. The molecule has 4 heteroatoms. The van der Waals surface area contributed by atoms with Crippen LogP contribution >= 0.6 is 11.6 Å². The third kappa shape index (κ3) is 8.30. The average molecular weight is 281 g/mol. The maximum Gasteiger partial charge on any atom is 0.0509 e. The Kier molecular flexibility index (Phi) is 12.3. The van der Waals surface area contributed by atoms with Crippen molar-refractivity contribution in [1.82, 2.24) is 0 Å². The fraction of sp³-hybridized carbons (Fsp3) is 1.00. The lowest BCUT2D eigenvalue weighted by Gasteiger charge is -2.30. The van der Waals surface area contributed by atoms with E-state index in [0.29, 0.717) is 5.88 Å². The van der Waals surface area contributed by atoms with E-state index in [9.17, 15) is 10.2 Å². The van der Waals surface area contributed by atoms with Crippen molar-refractivity contribution in [3.8, 4) is 0 Å². The lowest BCUT2D eigenvalue weighted by Crippen LogP contribution is -2.30. The van der Waals surface area contributed by atoms with Crippen LogP contribution in [0.15, 0.2) is 0 Å². The molecule has 0 aliphatic heterocycles. The number of halogens is 1. The number of aliphatic hydroxyl groups excluding tert-OH is 3. The van der Waals surface area contributed by atoms with Gasteiger partial charge in [0.05, 0.1) is 13.2 Å². The summed E-state index contributed by atoms with van der Waals surface area (Å²) in [6.07, 6.45) is 8.77. The van der Waals surface area contributed by atoms with Gasteiger partial charge in [-0.3, -0.25) is 0 Å². The largest absolute Gasteiger partial charge is 0.396 e. The fourth-order valence-corrected chi connectivity index (χ4v) is 2.42. The SMILES string of the molecule is OCCCCCCC(CO)(CO)CCCCCCl. The van der Waals surface area contributed by atoms with Gasteiger partial charge in [0, 0.05) is 17.9 Å². The molecule has 18 heavy (non-hydrogen) atoms. The monoisotopic (exact) mass is 280 g/mol. The highest BCUT2D eigenvalue weighted by Gasteiger charge is 2.27. The highest BCUT2D eigenvalue weighted by Crippen LogP contribution is 2.30. The van der Waals surface area contributed by atoms with Crippen molar-refractivity contribution in [2.45, 2.75) is 57.8 Å². The second-order valence-corrected chi connectivity index (χ2v) is 5.58. The van der Waals surface area contributed by atoms with Gasteiger partial charge in [-0.1, -0.05) is 32.1 Å². The van der Waals surface area contributed by atoms with Crippen LogP contribution in [0.3, 0.4) is 0 Å². The molecule has 0 spiro atoms. The molecule has 0 aromatic carbocycles. The first kappa shape index (κ1) is 18.2. The lowest BCUT2D eigenvalue weighted by atomic mass is 9.79. The van der Waals surface area contributed by atoms with Gasteiger partial charge in [0.2, 0.25) is 0 Å². The molecule has 0 heterocycles. The molecule has 0 aromatic rings. The van der Waals surface area contributed by atoms with Crippen LogP contribution in [0.4, 0.5) is 0 Å². The zero-order chi connectivity index (χ0) is 13.7. The molecule has 3 nitrogen and oxygen atoms in total. The molecule has 0 bridgehead atoms. The molecule has 0 aliphatic rings. The van der Waals surface area contributed by atoms with Crippen molar-refractivity contribution in [1.29, 1.82) is 0 Å². The van der Waals surface area contributed by atoms with E-state index in [1.54, 1.807) is 0 Å². The minimum absolute atomic E-state index is 0.0599.